The van der Waals surface area contributed by atoms with Crippen molar-refractivity contribution in [2.45, 2.75) is 26.9 Å². The first-order chi connectivity index (χ1) is 13.4. The van der Waals surface area contributed by atoms with Crippen LogP contribution >= 0.6 is 0 Å². The van der Waals surface area contributed by atoms with E-state index in [0.29, 0.717) is 11.3 Å². The number of aromatic nitrogens is 3. The van der Waals surface area contributed by atoms with Gasteiger partial charge < -0.3 is 4.57 Å². The van der Waals surface area contributed by atoms with E-state index >= 15 is 0 Å². The highest BCUT2D eigenvalue weighted by Gasteiger charge is 2.31. The number of alkyl halides is 3. The average molecular weight is 383 g/mol. The minimum atomic E-state index is -4.41. The minimum absolute atomic E-state index is 0.435. The first-order valence-corrected chi connectivity index (χ1v) is 8.99. The normalized spacial score (nSPS) is 11.2. The molecule has 0 aliphatic carbocycles. The highest BCUT2D eigenvalue weighted by atomic mass is 19.4. The Labute approximate surface area is 161 Å². The maximum Gasteiger partial charge on any atom is 0.416 e. The van der Waals surface area contributed by atoms with Crippen molar-refractivity contribution in [3.63, 3.8) is 0 Å². The monoisotopic (exact) mass is 383 g/mol. The fourth-order valence-corrected chi connectivity index (χ4v) is 3.06. The lowest BCUT2D eigenvalue weighted by molar-refractivity contribution is -0.137. The highest BCUT2D eigenvalue weighted by molar-refractivity contribution is 5.98. The van der Waals surface area contributed by atoms with Crippen LogP contribution in [-0.2, 0) is 6.18 Å². The van der Waals surface area contributed by atoms with Crippen LogP contribution in [0.5, 0.6) is 0 Å². The molecule has 0 saturated heterocycles. The van der Waals surface area contributed by atoms with E-state index in [9.17, 15) is 13.2 Å². The summed E-state index contributed by atoms with van der Waals surface area (Å²) in [6.45, 7) is 5.80. The molecular formula is C22H20F3N3. The van der Waals surface area contributed by atoms with Gasteiger partial charge in [-0.15, -0.1) is 0 Å². The SMILES string of the molecule is CC.Cc1cn(-c2cc(C(F)(F)F)ccc2-c2cccc3cnccc23)cn1. The molecule has 4 rings (SSSR count). The van der Waals surface area contributed by atoms with Gasteiger partial charge in [-0.25, -0.2) is 4.98 Å². The van der Waals surface area contributed by atoms with Crippen molar-refractivity contribution >= 4 is 10.8 Å². The summed E-state index contributed by atoms with van der Waals surface area (Å²) >= 11 is 0. The Bertz CT molecular complexity index is 1090. The van der Waals surface area contributed by atoms with Gasteiger partial charge in [0.15, 0.2) is 0 Å². The standard InChI is InChI=1S/C20H14F3N3.C2H6/c1-13-11-26(12-25-13)19-9-15(20(21,22)23)5-6-18(19)17-4-2-3-14-10-24-8-7-16(14)17;1-2/h2-12H,1H3;1-2H3. The van der Waals surface area contributed by atoms with E-state index in [-0.39, 0.29) is 0 Å². The lowest BCUT2D eigenvalue weighted by Crippen LogP contribution is -2.07. The number of nitrogens with zero attached hydrogens (tertiary/aromatic N) is 3. The summed E-state index contributed by atoms with van der Waals surface area (Å²) < 4.78 is 41.4. The van der Waals surface area contributed by atoms with E-state index in [1.165, 1.54) is 12.4 Å². The van der Waals surface area contributed by atoms with Crippen LogP contribution in [0.25, 0.3) is 27.6 Å². The number of halogens is 3. The molecule has 0 saturated carbocycles. The number of pyridine rings is 1. The molecule has 0 aliphatic heterocycles. The van der Waals surface area contributed by atoms with E-state index in [0.717, 1.165) is 34.2 Å². The van der Waals surface area contributed by atoms with Gasteiger partial charge >= 0.3 is 6.18 Å². The maximum absolute atomic E-state index is 13.2. The first kappa shape index (κ1) is 19.6. The molecule has 0 bridgehead atoms. The molecule has 0 radical (unpaired) electrons. The molecule has 6 heteroatoms. The Morgan fingerprint density at radius 1 is 0.964 bits per heavy atom. The highest BCUT2D eigenvalue weighted by Crippen LogP contribution is 2.37. The molecule has 0 unspecified atom stereocenters. The van der Waals surface area contributed by atoms with Gasteiger partial charge in [0.1, 0.15) is 0 Å². The predicted octanol–water partition coefficient (Wildman–Crippen LogP) is 6.44. The van der Waals surface area contributed by atoms with Crippen LogP contribution in [-0.4, -0.2) is 14.5 Å². The number of rotatable bonds is 2. The summed E-state index contributed by atoms with van der Waals surface area (Å²) in [5.74, 6) is 0. The Kier molecular flexibility index (Phi) is 5.49. The van der Waals surface area contributed by atoms with Crippen LogP contribution < -0.4 is 0 Å². The van der Waals surface area contributed by atoms with Gasteiger partial charge in [-0.1, -0.05) is 38.1 Å². The van der Waals surface area contributed by atoms with Crippen LogP contribution in [0, 0.1) is 6.92 Å². The summed E-state index contributed by atoms with van der Waals surface area (Å²) in [6.07, 6.45) is 2.25. The van der Waals surface area contributed by atoms with Crippen molar-refractivity contribution in [3.05, 3.63) is 78.6 Å². The van der Waals surface area contributed by atoms with Crippen molar-refractivity contribution in [1.29, 1.82) is 0 Å². The zero-order valence-corrected chi connectivity index (χ0v) is 15.8. The van der Waals surface area contributed by atoms with E-state index in [1.807, 2.05) is 38.1 Å². The molecule has 0 fully saturated rings. The van der Waals surface area contributed by atoms with Gasteiger partial charge in [0.2, 0.25) is 0 Å². The maximum atomic E-state index is 13.2. The van der Waals surface area contributed by atoms with Crippen molar-refractivity contribution in [2.24, 2.45) is 0 Å². The zero-order valence-electron chi connectivity index (χ0n) is 15.8. The van der Waals surface area contributed by atoms with Crippen molar-refractivity contribution in [2.75, 3.05) is 0 Å². The molecule has 0 spiro atoms. The van der Waals surface area contributed by atoms with Gasteiger partial charge in [-0.05, 0) is 36.1 Å². The molecule has 144 valence electrons. The minimum Gasteiger partial charge on any atom is -0.305 e. The first-order valence-electron chi connectivity index (χ1n) is 8.99. The second-order valence-corrected chi connectivity index (χ2v) is 6.05. The lowest BCUT2D eigenvalue weighted by Gasteiger charge is -2.16. The van der Waals surface area contributed by atoms with Crippen LogP contribution in [0.2, 0.25) is 0 Å². The lowest BCUT2D eigenvalue weighted by atomic mass is 9.96. The van der Waals surface area contributed by atoms with Gasteiger partial charge in [-0.3, -0.25) is 4.98 Å². The largest absolute Gasteiger partial charge is 0.416 e. The molecule has 0 atom stereocenters. The van der Waals surface area contributed by atoms with Crippen molar-refractivity contribution in [1.82, 2.24) is 14.5 Å². The number of benzene rings is 2. The molecule has 28 heavy (non-hydrogen) atoms. The Balaban J connectivity index is 0.00000109. The molecule has 4 aromatic rings. The fraction of sp³-hybridized carbons (Fsp3) is 0.182. The number of hydrogen-bond acceptors (Lipinski definition) is 2. The summed E-state index contributed by atoms with van der Waals surface area (Å²) in [5, 5.41) is 1.86. The zero-order chi connectivity index (χ0) is 20.3. The quantitative estimate of drug-likeness (QED) is 0.399. The molecule has 2 aromatic carbocycles. The van der Waals surface area contributed by atoms with Crippen molar-refractivity contribution in [3.8, 4) is 16.8 Å². The molecular weight excluding hydrogens is 363 g/mol. The number of fused-ring (bicyclic) bond motifs is 1. The second kappa shape index (κ2) is 7.84. The number of hydrogen-bond donors (Lipinski definition) is 0. The van der Waals surface area contributed by atoms with Crippen molar-refractivity contribution < 1.29 is 13.2 Å². The Morgan fingerprint density at radius 3 is 2.43 bits per heavy atom. The van der Waals surface area contributed by atoms with Crippen LogP contribution in [0.3, 0.4) is 0 Å². The van der Waals surface area contributed by atoms with E-state index < -0.39 is 11.7 Å². The molecule has 0 amide bonds. The number of imidazole rings is 1. The summed E-state index contributed by atoms with van der Waals surface area (Å²) in [4.78, 5) is 8.27. The summed E-state index contributed by atoms with van der Waals surface area (Å²) in [6, 6.07) is 11.4. The van der Waals surface area contributed by atoms with E-state index in [2.05, 4.69) is 9.97 Å². The van der Waals surface area contributed by atoms with Crippen LogP contribution in [0.1, 0.15) is 25.1 Å². The predicted molar refractivity (Wildman–Crippen MR) is 105 cm³/mol. The molecule has 2 aromatic heterocycles. The number of aryl methyl sites for hydroxylation is 1. The Morgan fingerprint density at radius 2 is 1.75 bits per heavy atom. The smallest absolute Gasteiger partial charge is 0.305 e. The molecule has 0 N–H and O–H groups in total. The average Bonchev–Trinajstić information content (AvgIpc) is 3.14. The van der Waals surface area contributed by atoms with Crippen LogP contribution in [0.4, 0.5) is 13.2 Å². The fourth-order valence-electron chi connectivity index (χ4n) is 3.06. The molecule has 2 heterocycles. The van der Waals surface area contributed by atoms with Gasteiger partial charge in [-0.2, -0.15) is 13.2 Å². The topological polar surface area (TPSA) is 30.7 Å². The van der Waals surface area contributed by atoms with E-state index in [1.54, 1.807) is 30.1 Å². The third-order valence-electron chi connectivity index (χ3n) is 4.29. The third kappa shape index (κ3) is 3.76. The molecule has 3 nitrogen and oxygen atoms in total. The third-order valence-corrected chi connectivity index (χ3v) is 4.29. The van der Waals surface area contributed by atoms with Crippen LogP contribution in [0.15, 0.2) is 67.4 Å². The van der Waals surface area contributed by atoms with Gasteiger partial charge in [0.05, 0.1) is 23.3 Å². The summed E-state index contributed by atoms with van der Waals surface area (Å²) in [7, 11) is 0. The van der Waals surface area contributed by atoms with Gasteiger partial charge in [0.25, 0.3) is 0 Å². The van der Waals surface area contributed by atoms with Gasteiger partial charge in [0, 0.05) is 29.5 Å². The van der Waals surface area contributed by atoms with E-state index in [4.69, 9.17) is 0 Å². The molecule has 0 aliphatic rings. The second-order valence-electron chi connectivity index (χ2n) is 6.05. The Hall–Kier alpha value is -3.15. The summed E-state index contributed by atoms with van der Waals surface area (Å²) in [5.41, 5.74) is 2.02.